The van der Waals surface area contributed by atoms with Gasteiger partial charge in [0, 0.05) is 35.3 Å². The van der Waals surface area contributed by atoms with E-state index in [1.54, 1.807) is 24.0 Å². The Kier molecular flexibility index (Phi) is 6.25. The van der Waals surface area contributed by atoms with E-state index in [1.165, 1.54) is 18.3 Å². The Bertz CT molecular complexity index is 1580. The van der Waals surface area contributed by atoms with Crippen LogP contribution in [0, 0.1) is 19.3 Å². The molecule has 0 radical (unpaired) electrons. The number of nitrogens with two attached hydrogens (primary N) is 1. The summed E-state index contributed by atoms with van der Waals surface area (Å²) >= 11 is 0. The summed E-state index contributed by atoms with van der Waals surface area (Å²) in [5, 5.41) is 4.32. The normalized spacial score (nSPS) is 22.5. The van der Waals surface area contributed by atoms with Crippen LogP contribution in [0.4, 0.5) is 19.0 Å². The third kappa shape index (κ3) is 4.98. The molecular weight excluding hydrogens is 537 g/mol. The average molecular weight is 565 g/mol. The van der Waals surface area contributed by atoms with Crippen LogP contribution in [-0.4, -0.2) is 52.5 Å². The highest BCUT2D eigenvalue weighted by Crippen LogP contribution is 2.62. The molecule has 3 aliphatic carbocycles. The molecule has 3 fully saturated rings. The molecule has 0 atom stereocenters. The molecule has 208 valence electrons. The Morgan fingerprint density at radius 2 is 1.92 bits per heavy atom. The van der Waals surface area contributed by atoms with E-state index in [4.69, 9.17) is 5.73 Å². The molecule has 2 heterocycles. The standard InChI is InChI=1S/C25H27F3N6O4S/c1-14-4-5-16(8-17(14)19-9-30-21(29)20(31-19)18-10-34(3)32-15(18)2)39(36,37)33-24-7-6-23(11-24,12-24)13-38-22(35)25(26,27)28/h4-5,8-10,33H,6-7,11-13H2,1-3H3,(H2,29,30). The molecule has 2 bridgehead atoms. The van der Waals surface area contributed by atoms with Crippen LogP contribution in [-0.2, 0) is 26.6 Å². The van der Waals surface area contributed by atoms with Gasteiger partial charge in [0.05, 0.1) is 29.1 Å². The maximum absolute atomic E-state index is 13.4. The summed E-state index contributed by atoms with van der Waals surface area (Å²) in [7, 11) is -2.21. The topological polar surface area (TPSA) is 142 Å². The molecule has 10 nitrogen and oxygen atoms in total. The fourth-order valence-electron chi connectivity index (χ4n) is 5.79. The number of aryl methyl sites for hydroxylation is 3. The molecule has 6 rings (SSSR count). The summed E-state index contributed by atoms with van der Waals surface area (Å²) < 4.78 is 73.1. The van der Waals surface area contributed by atoms with Crippen molar-refractivity contribution >= 4 is 21.8 Å². The van der Waals surface area contributed by atoms with Gasteiger partial charge in [-0.15, -0.1) is 0 Å². The van der Waals surface area contributed by atoms with Gasteiger partial charge in [0.15, 0.2) is 0 Å². The number of benzene rings is 1. The first-order valence-electron chi connectivity index (χ1n) is 12.1. The first kappa shape index (κ1) is 27.1. The van der Waals surface area contributed by atoms with E-state index in [0.29, 0.717) is 53.9 Å². The number of carbonyl (C=O) groups excluding carboxylic acids is 1. The van der Waals surface area contributed by atoms with Gasteiger partial charge in [-0.05, 0) is 57.2 Å². The van der Waals surface area contributed by atoms with Crippen molar-refractivity contribution < 1.29 is 31.1 Å². The van der Waals surface area contributed by atoms with E-state index >= 15 is 0 Å². The molecular formula is C25H27F3N6O4S. The Balaban J connectivity index is 1.36. The van der Waals surface area contributed by atoms with Gasteiger partial charge < -0.3 is 10.5 Å². The number of carbonyl (C=O) groups is 1. The number of sulfonamides is 1. The first-order valence-corrected chi connectivity index (χ1v) is 13.6. The van der Waals surface area contributed by atoms with E-state index in [2.05, 4.69) is 24.5 Å². The highest BCUT2D eigenvalue weighted by atomic mass is 32.2. The molecule has 3 saturated carbocycles. The second-order valence-electron chi connectivity index (χ2n) is 10.6. The van der Waals surface area contributed by atoms with Crippen molar-refractivity contribution in [3.63, 3.8) is 0 Å². The summed E-state index contributed by atoms with van der Waals surface area (Å²) in [5.41, 5.74) is 8.28. The van der Waals surface area contributed by atoms with Crippen LogP contribution in [0.1, 0.15) is 36.9 Å². The lowest BCUT2D eigenvalue weighted by molar-refractivity contribution is -0.204. The maximum Gasteiger partial charge on any atom is 0.490 e. The lowest BCUT2D eigenvalue weighted by atomic mass is 9.66. The van der Waals surface area contributed by atoms with Gasteiger partial charge in [-0.25, -0.2) is 27.9 Å². The molecule has 0 unspecified atom stereocenters. The third-order valence-electron chi connectivity index (χ3n) is 7.52. The van der Waals surface area contributed by atoms with Gasteiger partial charge in [0.2, 0.25) is 10.0 Å². The van der Waals surface area contributed by atoms with Crippen LogP contribution < -0.4 is 10.5 Å². The zero-order chi connectivity index (χ0) is 28.4. The van der Waals surface area contributed by atoms with E-state index < -0.39 is 39.7 Å². The van der Waals surface area contributed by atoms with Gasteiger partial charge in [0.25, 0.3) is 0 Å². The molecule has 0 amide bonds. The zero-order valence-corrected chi connectivity index (χ0v) is 22.3. The van der Waals surface area contributed by atoms with Crippen molar-refractivity contribution in [2.45, 2.75) is 56.1 Å². The summed E-state index contributed by atoms with van der Waals surface area (Å²) in [6, 6.07) is 4.67. The number of nitrogen functional groups attached to an aromatic ring is 1. The summed E-state index contributed by atoms with van der Waals surface area (Å²) in [6.07, 6.45) is -0.327. The number of hydrogen-bond donors (Lipinski definition) is 2. The lowest BCUT2D eigenvalue weighted by Gasteiger charge is -2.47. The number of rotatable bonds is 7. The number of halogens is 3. The number of aromatic nitrogens is 4. The van der Waals surface area contributed by atoms with Crippen molar-refractivity contribution in [3.05, 3.63) is 41.9 Å². The van der Waals surface area contributed by atoms with E-state index in [0.717, 1.165) is 5.56 Å². The second-order valence-corrected chi connectivity index (χ2v) is 12.3. The fraction of sp³-hybridized carbons (Fsp3) is 0.440. The number of nitrogens with zero attached hydrogens (tertiary/aromatic N) is 4. The summed E-state index contributed by atoms with van der Waals surface area (Å²) in [6.45, 7) is 3.26. The quantitative estimate of drug-likeness (QED) is 0.416. The monoisotopic (exact) mass is 564 g/mol. The molecule has 3 aromatic rings. The van der Waals surface area contributed by atoms with E-state index in [-0.39, 0.29) is 10.7 Å². The van der Waals surface area contributed by atoms with Crippen LogP contribution in [0.5, 0.6) is 0 Å². The molecule has 0 aliphatic heterocycles. The third-order valence-corrected chi connectivity index (χ3v) is 9.09. The van der Waals surface area contributed by atoms with Crippen molar-refractivity contribution in [1.82, 2.24) is 24.5 Å². The number of hydrogen-bond acceptors (Lipinski definition) is 8. The predicted molar refractivity (Wildman–Crippen MR) is 135 cm³/mol. The second kappa shape index (κ2) is 9.01. The van der Waals surface area contributed by atoms with Gasteiger partial charge >= 0.3 is 12.1 Å². The van der Waals surface area contributed by atoms with Crippen molar-refractivity contribution in [2.75, 3.05) is 12.3 Å². The van der Waals surface area contributed by atoms with Gasteiger partial charge in [-0.2, -0.15) is 18.3 Å². The smallest absolute Gasteiger partial charge is 0.458 e. The van der Waals surface area contributed by atoms with E-state index in [9.17, 15) is 26.4 Å². The number of anilines is 1. The Morgan fingerprint density at radius 3 is 2.56 bits per heavy atom. The minimum atomic E-state index is -5.06. The number of esters is 1. The SMILES string of the molecule is Cc1ccc(S(=O)(=O)NC23CCC(COC(=O)C(F)(F)F)(C2)C3)cc1-c1cnc(N)c(-c2cn(C)nc2C)n1. The lowest BCUT2D eigenvalue weighted by Crippen LogP contribution is -2.56. The number of ether oxygens (including phenoxy) is 1. The highest BCUT2D eigenvalue weighted by molar-refractivity contribution is 7.89. The predicted octanol–water partition coefficient (Wildman–Crippen LogP) is 3.44. The Labute approximate surface area is 222 Å². The first-order chi connectivity index (χ1) is 18.1. The van der Waals surface area contributed by atoms with Crippen molar-refractivity contribution in [1.29, 1.82) is 0 Å². The summed E-state index contributed by atoms with van der Waals surface area (Å²) in [5.74, 6) is -2.02. The number of fused-ring (bicyclic) bond motifs is 1. The largest absolute Gasteiger partial charge is 0.490 e. The molecule has 0 saturated heterocycles. The number of nitrogens with one attached hydrogen (secondary N) is 1. The van der Waals surface area contributed by atoms with E-state index in [1.807, 2.05) is 13.8 Å². The molecule has 3 N–H and O–H groups in total. The van der Waals surface area contributed by atoms with Gasteiger partial charge in [-0.3, -0.25) is 4.68 Å². The molecule has 39 heavy (non-hydrogen) atoms. The zero-order valence-electron chi connectivity index (χ0n) is 21.5. The number of alkyl halides is 3. The van der Waals surface area contributed by atoms with Crippen LogP contribution in [0.3, 0.4) is 0 Å². The molecule has 1 aromatic carbocycles. The van der Waals surface area contributed by atoms with Crippen molar-refractivity contribution in [2.24, 2.45) is 12.5 Å². The minimum absolute atomic E-state index is 0.0168. The summed E-state index contributed by atoms with van der Waals surface area (Å²) in [4.78, 5) is 20.1. The van der Waals surface area contributed by atoms with Crippen LogP contribution >= 0.6 is 0 Å². The molecule has 0 spiro atoms. The minimum Gasteiger partial charge on any atom is -0.458 e. The molecule has 2 aromatic heterocycles. The van der Waals surface area contributed by atoms with Crippen LogP contribution in [0.25, 0.3) is 22.5 Å². The average Bonchev–Trinajstić information content (AvgIpc) is 3.47. The van der Waals surface area contributed by atoms with Gasteiger partial charge in [-0.1, -0.05) is 6.07 Å². The van der Waals surface area contributed by atoms with Crippen molar-refractivity contribution in [3.8, 4) is 22.5 Å². The van der Waals surface area contributed by atoms with Gasteiger partial charge in [0.1, 0.15) is 11.5 Å². The molecule has 14 heteroatoms. The maximum atomic E-state index is 13.4. The Hall–Kier alpha value is -3.52. The highest BCUT2D eigenvalue weighted by Gasteiger charge is 2.63. The van der Waals surface area contributed by atoms with Crippen LogP contribution in [0.15, 0.2) is 35.5 Å². The van der Waals surface area contributed by atoms with Crippen LogP contribution in [0.2, 0.25) is 0 Å². The molecule has 3 aliphatic rings. The fourth-order valence-corrected chi connectivity index (χ4v) is 7.24. The Morgan fingerprint density at radius 1 is 1.21 bits per heavy atom.